The summed E-state index contributed by atoms with van der Waals surface area (Å²) in [6.45, 7) is 9.00. The fourth-order valence-electron chi connectivity index (χ4n) is 4.82. The Kier molecular flexibility index (Phi) is 6.49. The SMILES string of the molecule is CC(C)(C)OC(=O)NCC(=O)N1CCN(c2ccc3c(c2)N2CCN=C2C(c2ccccc2)=[N+]3[O-])CC1. The lowest BCUT2D eigenvalue weighted by Crippen LogP contribution is -2.51. The van der Waals surface area contributed by atoms with Gasteiger partial charge in [-0.15, -0.1) is 0 Å². The Morgan fingerprint density at radius 1 is 1.05 bits per heavy atom. The summed E-state index contributed by atoms with van der Waals surface area (Å²) in [4.78, 5) is 35.2. The van der Waals surface area contributed by atoms with Crippen LogP contribution in [-0.2, 0) is 9.53 Å². The quantitative estimate of drug-likeness (QED) is 0.507. The zero-order valence-electron chi connectivity index (χ0n) is 21.4. The summed E-state index contributed by atoms with van der Waals surface area (Å²) in [5.41, 5.74) is 3.26. The van der Waals surface area contributed by atoms with Gasteiger partial charge in [0.05, 0.1) is 12.1 Å². The van der Waals surface area contributed by atoms with Gasteiger partial charge in [0.15, 0.2) is 0 Å². The predicted octanol–water partition coefficient (Wildman–Crippen LogP) is 2.72. The molecule has 0 aliphatic carbocycles. The number of amides is 2. The van der Waals surface area contributed by atoms with Crippen LogP contribution in [0.1, 0.15) is 26.3 Å². The second-order valence-corrected chi connectivity index (χ2v) is 10.3. The number of carbonyl (C=O) groups is 2. The first kappa shape index (κ1) is 24.6. The molecule has 2 amide bonds. The predicted molar refractivity (Wildman–Crippen MR) is 143 cm³/mol. The number of aliphatic imine (C=N–C) groups is 1. The third-order valence-electron chi connectivity index (χ3n) is 6.55. The van der Waals surface area contributed by atoms with Crippen molar-refractivity contribution in [3.8, 4) is 0 Å². The summed E-state index contributed by atoms with van der Waals surface area (Å²) in [7, 11) is 0. The molecule has 3 heterocycles. The van der Waals surface area contributed by atoms with Gasteiger partial charge in [-0.05, 0) is 45.0 Å². The number of nitrogens with one attached hydrogen (secondary N) is 1. The Labute approximate surface area is 216 Å². The highest BCUT2D eigenvalue weighted by molar-refractivity contribution is 6.51. The number of amidine groups is 1. The van der Waals surface area contributed by atoms with Crippen LogP contribution in [0.15, 0.2) is 53.5 Å². The van der Waals surface area contributed by atoms with Gasteiger partial charge in [-0.2, -0.15) is 4.74 Å². The maximum atomic E-state index is 13.4. The molecule has 2 aromatic rings. The highest BCUT2D eigenvalue weighted by atomic mass is 16.6. The van der Waals surface area contributed by atoms with Gasteiger partial charge in [0.1, 0.15) is 17.8 Å². The van der Waals surface area contributed by atoms with E-state index in [1.54, 1.807) is 25.7 Å². The van der Waals surface area contributed by atoms with Gasteiger partial charge in [0, 0.05) is 44.5 Å². The number of ether oxygens (including phenoxy) is 1. The van der Waals surface area contributed by atoms with Crippen LogP contribution in [0, 0.1) is 5.21 Å². The van der Waals surface area contributed by atoms with Crippen molar-refractivity contribution in [1.29, 1.82) is 0 Å². The van der Waals surface area contributed by atoms with E-state index in [0.29, 0.717) is 50.0 Å². The molecule has 1 N–H and O–H groups in total. The van der Waals surface area contributed by atoms with Crippen molar-refractivity contribution >= 4 is 40.6 Å². The molecule has 0 saturated carbocycles. The number of rotatable bonds is 4. The normalized spacial score (nSPS) is 17.3. The fraction of sp³-hybridized carbons (Fsp3) is 0.407. The molecule has 2 aromatic carbocycles. The van der Waals surface area contributed by atoms with E-state index < -0.39 is 11.7 Å². The Balaban J connectivity index is 1.27. The topological polar surface area (TPSA) is 104 Å². The highest BCUT2D eigenvalue weighted by Crippen LogP contribution is 2.38. The number of alkyl carbamates (subject to hydrolysis) is 1. The van der Waals surface area contributed by atoms with E-state index in [9.17, 15) is 14.8 Å². The van der Waals surface area contributed by atoms with E-state index in [2.05, 4.69) is 20.1 Å². The van der Waals surface area contributed by atoms with Crippen LogP contribution < -0.4 is 15.1 Å². The maximum absolute atomic E-state index is 13.4. The Bertz CT molecular complexity index is 1260. The summed E-state index contributed by atoms with van der Waals surface area (Å²) < 4.78 is 6.19. The first-order chi connectivity index (χ1) is 17.7. The minimum atomic E-state index is -0.612. The van der Waals surface area contributed by atoms with E-state index in [4.69, 9.17) is 4.74 Å². The van der Waals surface area contributed by atoms with Crippen molar-refractivity contribution in [3.05, 3.63) is 59.3 Å². The molecule has 0 aromatic heterocycles. The van der Waals surface area contributed by atoms with E-state index in [1.807, 2.05) is 48.5 Å². The number of carbonyl (C=O) groups excluding carboxylic acids is 2. The first-order valence-corrected chi connectivity index (χ1v) is 12.6. The van der Waals surface area contributed by atoms with Gasteiger partial charge in [0.25, 0.3) is 5.71 Å². The van der Waals surface area contributed by atoms with Crippen molar-refractivity contribution in [2.75, 3.05) is 55.6 Å². The number of fused-ring (bicyclic) bond motifs is 3. The lowest BCUT2D eigenvalue weighted by molar-refractivity contribution is -0.358. The van der Waals surface area contributed by atoms with Crippen molar-refractivity contribution in [1.82, 2.24) is 10.2 Å². The highest BCUT2D eigenvalue weighted by Gasteiger charge is 2.38. The zero-order chi connectivity index (χ0) is 26.2. The van der Waals surface area contributed by atoms with Crippen molar-refractivity contribution in [2.24, 2.45) is 4.99 Å². The van der Waals surface area contributed by atoms with E-state index >= 15 is 0 Å². The summed E-state index contributed by atoms with van der Waals surface area (Å²) in [5, 5.41) is 16.0. The average molecular weight is 505 g/mol. The van der Waals surface area contributed by atoms with Crippen molar-refractivity contribution < 1.29 is 19.1 Å². The summed E-state index contributed by atoms with van der Waals surface area (Å²) in [5.74, 6) is 0.568. The van der Waals surface area contributed by atoms with Gasteiger partial charge < -0.3 is 30.0 Å². The molecule has 10 nitrogen and oxygen atoms in total. The van der Waals surface area contributed by atoms with E-state index in [-0.39, 0.29) is 12.5 Å². The van der Waals surface area contributed by atoms with Crippen LogP contribution in [0.4, 0.5) is 21.9 Å². The number of hydrogen-bond donors (Lipinski definition) is 1. The minimum Gasteiger partial charge on any atom is -0.618 e. The lowest BCUT2D eigenvalue weighted by Gasteiger charge is -2.37. The van der Waals surface area contributed by atoms with Crippen LogP contribution in [0.3, 0.4) is 0 Å². The number of nitrogens with zero attached hydrogens (tertiary/aromatic N) is 5. The molecule has 0 unspecified atom stereocenters. The molecule has 194 valence electrons. The van der Waals surface area contributed by atoms with Gasteiger partial charge in [-0.25, -0.2) is 4.79 Å². The molecular weight excluding hydrogens is 472 g/mol. The van der Waals surface area contributed by atoms with Crippen molar-refractivity contribution in [2.45, 2.75) is 26.4 Å². The minimum absolute atomic E-state index is 0.0928. The molecule has 3 aliphatic heterocycles. The molecule has 3 aliphatic rings. The van der Waals surface area contributed by atoms with Crippen LogP contribution in [-0.4, -0.2) is 84.6 Å². The number of piperazine rings is 1. The first-order valence-electron chi connectivity index (χ1n) is 12.6. The Morgan fingerprint density at radius 3 is 2.49 bits per heavy atom. The summed E-state index contributed by atoms with van der Waals surface area (Å²) >= 11 is 0. The standard InChI is InChI=1S/C27H32N6O4/c1-27(2,3)37-26(35)29-18-23(34)31-15-13-30(14-16-31)20-9-10-21-22(17-20)32-12-11-28-25(32)24(33(21)36)19-7-5-4-6-8-19/h4-10,17H,11-16,18H2,1-3H3,(H,29,35). The third-order valence-corrected chi connectivity index (χ3v) is 6.55. The van der Waals surface area contributed by atoms with E-state index in [1.165, 1.54) is 0 Å². The Morgan fingerprint density at radius 2 is 1.78 bits per heavy atom. The van der Waals surface area contributed by atoms with Crippen LogP contribution in [0.25, 0.3) is 0 Å². The largest absolute Gasteiger partial charge is 0.618 e. The number of anilines is 2. The van der Waals surface area contributed by atoms with Gasteiger partial charge >= 0.3 is 6.09 Å². The average Bonchev–Trinajstić information content (AvgIpc) is 3.37. The monoisotopic (exact) mass is 504 g/mol. The van der Waals surface area contributed by atoms with Crippen LogP contribution in [0.2, 0.25) is 0 Å². The van der Waals surface area contributed by atoms with Gasteiger partial charge in [0.2, 0.25) is 17.4 Å². The Hall–Kier alpha value is -4.08. The molecule has 10 heteroatoms. The molecule has 1 fully saturated rings. The molecule has 0 atom stereocenters. The zero-order valence-corrected chi connectivity index (χ0v) is 21.4. The lowest BCUT2D eigenvalue weighted by atomic mass is 10.0. The summed E-state index contributed by atoms with van der Waals surface area (Å²) in [6, 6.07) is 15.5. The van der Waals surface area contributed by atoms with Gasteiger partial charge in [-0.1, -0.05) is 18.2 Å². The smallest absolute Gasteiger partial charge is 0.408 e. The van der Waals surface area contributed by atoms with Crippen LogP contribution >= 0.6 is 0 Å². The second kappa shape index (κ2) is 9.76. The third kappa shape index (κ3) is 5.09. The maximum Gasteiger partial charge on any atom is 0.408 e. The molecule has 1 saturated heterocycles. The molecule has 0 radical (unpaired) electrons. The van der Waals surface area contributed by atoms with Gasteiger partial charge in [-0.3, -0.25) is 9.79 Å². The summed E-state index contributed by atoms with van der Waals surface area (Å²) in [6.07, 6.45) is -0.599. The van der Waals surface area contributed by atoms with Crippen LogP contribution in [0.5, 0.6) is 0 Å². The number of hydrogen-bond acceptors (Lipinski definition) is 7. The molecular formula is C27H32N6O4. The second-order valence-electron chi connectivity index (χ2n) is 10.3. The fourth-order valence-corrected chi connectivity index (χ4v) is 4.82. The number of benzene rings is 2. The van der Waals surface area contributed by atoms with Crippen molar-refractivity contribution in [3.63, 3.8) is 0 Å². The molecule has 5 rings (SSSR count). The molecule has 37 heavy (non-hydrogen) atoms. The van der Waals surface area contributed by atoms with E-state index in [0.717, 1.165) is 28.2 Å². The molecule has 0 bridgehead atoms. The molecule has 0 spiro atoms.